The molecule has 3 heteroatoms. The number of piperidine rings is 1. The van der Waals surface area contributed by atoms with Crippen molar-refractivity contribution in [2.45, 2.75) is 26.7 Å². The monoisotopic (exact) mass is 184 g/mol. The Morgan fingerprint density at radius 2 is 2.08 bits per heavy atom. The zero-order valence-corrected chi connectivity index (χ0v) is 8.68. The quantitative estimate of drug-likeness (QED) is 0.705. The van der Waals surface area contributed by atoms with Gasteiger partial charge in [0.25, 0.3) is 0 Å². The van der Waals surface area contributed by atoms with E-state index in [9.17, 15) is 4.79 Å². The maximum absolute atomic E-state index is 10.7. The Morgan fingerprint density at radius 1 is 1.46 bits per heavy atom. The van der Waals surface area contributed by atoms with Gasteiger partial charge in [-0.2, -0.15) is 0 Å². The molecule has 1 amide bonds. The minimum Gasteiger partial charge on any atom is -0.356 e. The molecule has 13 heavy (non-hydrogen) atoms. The van der Waals surface area contributed by atoms with Crippen LogP contribution in [0, 0.1) is 5.92 Å². The van der Waals surface area contributed by atoms with E-state index in [0.717, 1.165) is 13.1 Å². The summed E-state index contributed by atoms with van der Waals surface area (Å²) in [5, 5.41) is 2.89. The number of hydrogen-bond donors (Lipinski definition) is 1. The summed E-state index contributed by atoms with van der Waals surface area (Å²) < 4.78 is 0. The van der Waals surface area contributed by atoms with Crippen LogP contribution in [0.15, 0.2) is 0 Å². The van der Waals surface area contributed by atoms with E-state index in [1.807, 2.05) is 0 Å². The average molecular weight is 184 g/mol. The third-order valence-electron chi connectivity index (χ3n) is 2.79. The van der Waals surface area contributed by atoms with Crippen molar-refractivity contribution in [3.05, 3.63) is 0 Å². The van der Waals surface area contributed by atoms with Gasteiger partial charge < -0.3 is 10.2 Å². The van der Waals surface area contributed by atoms with E-state index in [1.54, 1.807) is 6.92 Å². The zero-order chi connectivity index (χ0) is 9.68. The van der Waals surface area contributed by atoms with Gasteiger partial charge in [-0.25, -0.2) is 0 Å². The lowest BCUT2D eigenvalue weighted by atomic mass is 9.97. The topological polar surface area (TPSA) is 32.3 Å². The first-order valence-corrected chi connectivity index (χ1v) is 5.19. The summed E-state index contributed by atoms with van der Waals surface area (Å²) >= 11 is 0. The number of amides is 1. The molecule has 0 atom stereocenters. The first-order valence-electron chi connectivity index (χ1n) is 5.19. The highest BCUT2D eigenvalue weighted by Gasteiger charge is 2.17. The molecular weight excluding hydrogens is 164 g/mol. The summed E-state index contributed by atoms with van der Waals surface area (Å²) in [6.07, 6.45) is 2.46. The second-order valence-corrected chi connectivity index (χ2v) is 3.81. The van der Waals surface area contributed by atoms with Gasteiger partial charge in [0.1, 0.15) is 0 Å². The lowest BCUT2D eigenvalue weighted by Gasteiger charge is -2.30. The van der Waals surface area contributed by atoms with Crippen molar-refractivity contribution in [2.75, 3.05) is 26.2 Å². The van der Waals surface area contributed by atoms with Crippen molar-refractivity contribution in [3.63, 3.8) is 0 Å². The SMILES string of the molecule is CCN1CCC(CNC(C)=O)CC1. The molecular formula is C10H20N2O. The van der Waals surface area contributed by atoms with Crippen LogP contribution in [0.5, 0.6) is 0 Å². The van der Waals surface area contributed by atoms with E-state index in [2.05, 4.69) is 17.1 Å². The Balaban J connectivity index is 2.14. The molecule has 0 aliphatic carbocycles. The van der Waals surface area contributed by atoms with Gasteiger partial charge in [-0.05, 0) is 38.4 Å². The van der Waals surface area contributed by atoms with Gasteiger partial charge in [0.2, 0.25) is 5.91 Å². The molecule has 0 aromatic carbocycles. The molecule has 0 aromatic rings. The summed E-state index contributed by atoms with van der Waals surface area (Å²) in [6, 6.07) is 0. The molecule has 1 aliphatic rings. The van der Waals surface area contributed by atoms with Gasteiger partial charge >= 0.3 is 0 Å². The van der Waals surface area contributed by atoms with E-state index in [1.165, 1.54) is 25.9 Å². The first-order chi connectivity index (χ1) is 6.22. The van der Waals surface area contributed by atoms with Gasteiger partial charge in [-0.15, -0.1) is 0 Å². The predicted molar refractivity (Wildman–Crippen MR) is 53.5 cm³/mol. The molecule has 0 saturated carbocycles. The van der Waals surface area contributed by atoms with E-state index >= 15 is 0 Å². The molecule has 0 bridgehead atoms. The fraction of sp³-hybridized carbons (Fsp3) is 0.900. The third kappa shape index (κ3) is 3.77. The lowest BCUT2D eigenvalue weighted by molar-refractivity contribution is -0.119. The molecule has 1 heterocycles. The summed E-state index contributed by atoms with van der Waals surface area (Å²) in [7, 11) is 0. The molecule has 0 spiro atoms. The van der Waals surface area contributed by atoms with Crippen molar-refractivity contribution in [3.8, 4) is 0 Å². The van der Waals surface area contributed by atoms with Crippen LogP contribution in [0.1, 0.15) is 26.7 Å². The molecule has 76 valence electrons. The highest BCUT2D eigenvalue weighted by molar-refractivity contribution is 5.72. The lowest BCUT2D eigenvalue weighted by Crippen LogP contribution is -2.37. The van der Waals surface area contributed by atoms with E-state index in [-0.39, 0.29) is 5.91 Å². The number of hydrogen-bond acceptors (Lipinski definition) is 2. The molecule has 1 saturated heterocycles. The summed E-state index contributed by atoms with van der Waals surface area (Å²) in [5.74, 6) is 0.796. The van der Waals surface area contributed by atoms with Crippen LogP contribution in [-0.4, -0.2) is 37.0 Å². The van der Waals surface area contributed by atoms with Crippen molar-refractivity contribution >= 4 is 5.91 Å². The van der Waals surface area contributed by atoms with Crippen LogP contribution in [-0.2, 0) is 4.79 Å². The molecule has 1 N–H and O–H groups in total. The van der Waals surface area contributed by atoms with Crippen molar-refractivity contribution in [2.24, 2.45) is 5.92 Å². The van der Waals surface area contributed by atoms with Crippen LogP contribution >= 0.6 is 0 Å². The molecule has 1 rings (SSSR count). The fourth-order valence-electron chi connectivity index (χ4n) is 1.79. The van der Waals surface area contributed by atoms with Crippen LogP contribution in [0.4, 0.5) is 0 Å². The van der Waals surface area contributed by atoms with Crippen LogP contribution in [0.25, 0.3) is 0 Å². The second kappa shape index (κ2) is 5.22. The Morgan fingerprint density at radius 3 is 2.54 bits per heavy atom. The molecule has 0 aromatic heterocycles. The number of carbonyl (C=O) groups excluding carboxylic acids is 1. The van der Waals surface area contributed by atoms with Crippen LogP contribution in [0.2, 0.25) is 0 Å². The number of nitrogens with one attached hydrogen (secondary N) is 1. The standard InChI is InChI=1S/C10H20N2O/c1-3-12-6-4-10(5-7-12)8-11-9(2)13/h10H,3-8H2,1-2H3,(H,11,13). The number of nitrogens with zero attached hydrogens (tertiary/aromatic N) is 1. The van der Waals surface area contributed by atoms with E-state index in [0.29, 0.717) is 5.92 Å². The minimum absolute atomic E-state index is 0.0953. The first kappa shape index (κ1) is 10.5. The highest BCUT2D eigenvalue weighted by Crippen LogP contribution is 2.15. The molecule has 0 unspecified atom stereocenters. The Kier molecular flexibility index (Phi) is 4.22. The second-order valence-electron chi connectivity index (χ2n) is 3.81. The van der Waals surface area contributed by atoms with Crippen molar-refractivity contribution < 1.29 is 4.79 Å². The normalized spacial score (nSPS) is 20.2. The fourth-order valence-corrected chi connectivity index (χ4v) is 1.79. The Bertz CT molecular complexity index is 162. The highest BCUT2D eigenvalue weighted by atomic mass is 16.1. The van der Waals surface area contributed by atoms with Gasteiger partial charge in [0.15, 0.2) is 0 Å². The van der Waals surface area contributed by atoms with Crippen LogP contribution < -0.4 is 5.32 Å². The molecule has 1 aliphatic heterocycles. The maximum Gasteiger partial charge on any atom is 0.216 e. The average Bonchev–Trinajstić information content (AvgIpc) is 2.15. The largest absolute Gasteiger partial charge is 0.356 e. The molecule has 0 radical (unpaired) electrons. The smallest absolute Gasteiger partial charge is 0.216 e. The number of rotatable bonds is 3. The van der Waals surface area contributed by atoms with Crippen molar-refractivity contribution in [1.29, 1.82) is 0 Å². The summed E-state index contributed by atoms with van der Waals surface area (Å²) in [6.45, 7) is 8.20. The maximum atomic E-state index is 10.7. The zero-order valence-electron chi connectivity index (χ0n) is 8.68. The van der Waals surface area contributed by atoms with Crippen molar-refractivity contribution in [1.82, 2.24) is 10.2 Å². The molecule has 1 fully saturated rings. The number of likely N-dealkylation sites (tertiary alicyclic amines) is 1. The van der Waals surface area contributed by atoms with E-state index in [4.69, 9.17) is 0 Å². The van der Waals surface area contributed by atoms with Crippen LogP contribution in [0.3, 0.4) is 0 Å². The van der Waals surface area contributed by atoms with Gasteiger partial charge in [-0.3, -0.25) is 4.79 Å². The summed E-state index contributed by atoms with van der Waals surface area (Å²) in [4.78, 5) is 13.1. The van der Waals surface area contributed by atoms with Gasteiger partial charge in [-0.1, -0.05) is 6.92 Å². The van der Waals surface area contributed by atoms with Gasteiger partial charge in [0, 0.05) is 13.5 Å². The predicted octanol–water partition coefficient (Wildman–Crippen LogP) is 0.854. The Hall–Kier alpha value is -0.570. The van der Waals surface area contributed by atoms with Gasteiger partial charge in [0.05, 0.1) is 0 Å². The minimum atomic E-state index is 0.0953. The third-order valence-corrected chi connectivity index (χ3v) is 2.79. The van der Waals surface area contributed by atoms with E-state index < -0.39 is 0 Å². The summed E-state index contributed by atoms with van der Waals surface area (Å²) in [5.41, 5.74) is 0. The Labute approximate surface area is 80.5 Å². The number of carbonyl (C=O) groups is 1. The molecule has 3 nitrogen and oxygen atoms in total.